The molecule has 1 aromatic carbocycles. The van der Waals surface area contributed by atoms with Crippen LogP contribution in [0.1, 0.15) is 19.4 Å². The molecule has 2 N–H and O–H groups in total. The van der Waals surface area contributed by atoms with Crippen LogP contribution in [-0.2, 0) is 11.3 Å². The Balaban J connectivity index is 2.89. The maximum atomic E-state index is 13.9. The van der Waals surface area contributed by atoms with E-state index in [1.165, 1.54) is 6.07 Å². The van der Waals surface area contributed by atoms with Crippen molar-refractivity contribution in [3.05, 3.63) is 29.3 Å². The topological polar surface area (TPSA) is 38.5 Å². The van der Waals surface area contributed by atoms with Crippen molar-refractivity contribution in [3.63, 3.8) is 0 Å². The Labute approximate surface area is 107 Å². The van der Waals surface area contributed by atoms with Gasteiger partial charge in [0.1, 0.15) is 0 Å². The van der Waals surface area contributed by atoms with Crippen LogP contribution in [0.25, 0.3) is 0 Å². The van der Waals surface area contributed by atoms with Crippen molar-refractivity contribution < 1.29 is 13.5 Å². The molecule has 0 unspecified atom stereocenters. The number of halogens is 2. The lowest BCUT2D eigenvalue weighted by Crippen LogP contribution is -2.28. The molecule has 3 nitrogen and oxygen atoms in total. The van der Waals surface area contributed by atoms with Crippen molar-refractivity contribution in [3.8, 4) is 0 Å². The van der Waals surface area contributed by atoms with Gasteiger partial charge in [0, 0.05) is 31.8 Å². The van der Waals surface area contributed by atoms with E-state index >= 15 is 0 Å². The van der Waals surface area contributed by atoms with Crippen molar-refractivity contribution in [2.75, 3.05) is 31.2 Å². The molecule has 5 heteroatoms. The van der Waals surface area contributed by atoms with Gasteiger partial charge in [-0.1, -0.05) is 6.07 Å². The van der Waals surface area contributed by atoms with Crippen LogP contribution in [0.3, 0.4) is 0 Å². The van der Waals surface area contributed by atoms with Crippen molar-refractivity contribution in [2.24, 2.45) is 5.73 Å². The first-order chi connectivity index (χ1) is 8.65. The van der Waals surface area contributed by atoms with Crippen LogP contribution in [0.15, 0.2) is 12.1 Å². The summed E-state index contributed by atoms with van der Waals surface area (Å²) < 4.78 is 32.7. The van der Waals surface area contributed by atoms with E-state index in [2.05, 4.69) is 0 Å². The number of rotatable bonds is 7. The first-order valence-corrected chi connectivity index (χ1v) is 6.15. The van der Waals surface area contributed by atoms with Gasteiger partial charge in [0.05, 0.1) is 12.3 Å². The number of benzene rings is 1. The lowest BCUT2D eigenvalue weighted by molar-refractivity contribution is 0.154. The molecule has 0 aliphatic carbocycles. The molecule has 0 saturated carbocycles. The molecule has 0 aliphatic heterocycles. The molecule has 0 heterocycles. The van der Waals surface area contributed by atoms with Crippen LogP contribution in [0.4, 0.5) is 14.5 Å². The largest absolute Gasteiger partial charge is 0.380 e. The van der Waals surface area contributed by atoms with Gasteiger partial charge in [-0.05, 0) is 19.9 Å². The summed E-state index contributed by atoms with van der Waals surface area (Å²) >= 11 is 0. The van der Waals surface area contributed by atoms with E-state index in [9.17, 15) is 8.78 Å². The highest BCUT2D eigenvalue weighted by molar-refractivity contribution is 5.49. The van der Waals surface area contributed by atoms with Crippen LogP contribution >= 0.6 is 0 Å². The van der Waals surface area contributed by atoms with Gasteiger partial charge in [-0.15, -0.1) is 0 Å². The highest BCUT2D eigenvalue weighted by Crippen LogP contribution is 2.23. The minimum atomic E-state index is -0.857. The lowest BCUT2D eigenvalue weighted by Gasteiger charge is -2.24. The van der Waals surface area contributed by atoms with Crippen LogP contribution in [0, 0.1) is 11.6 Å². The molecule has 0 bridgehead atoms. The molecule has 0 radical (unpaired) electrons. The Morgan fingerprint density at radius 2 is 1.94 bits per heavy atom. The average Bonchev–Trinajstić information content (AvgIpc) is 2.39. The van der Waals surface area contributed by atoms with Gasteiger partial charge < -0.3 is 15.4 Å². The predicted octanol–water partition coefficient (Wildman–Crippen LogP) is 2.29. The van der Waals surface area contributed by atoms with E-state index in [0.29, 0.717) is 26.3 Å². The summed E-state index contributed by atoms with van der Waals surface area (Å²) in [5, 5.41) is 0. The van der Waals surface area contributed by atoms with Gasteiger partial charge >= 0.3 is 0 Å². The molecule has 0 aliphatic rings. The number of likely N-dealkylation sites (N-methyl/N-ethyl adjacent to an activating group) is 1. The second kappa shape index (κ2) is 7.28. The maximum absolute atomic E-state index is 13.9. The zero-order chi connectivity index (χ0) is 13.5. The minimum Gasteiger partial charge on any atom is -0.380 e. The fourth-order valence-corrected chi connectivity index (χ4v) is 1.75. The Kier molecular flexibility index (Phi) is 6.01. The fourth-order valence-electron chi connectivity index (χ4n) is 1.75. The molecule has 0 spiro atoms. The monoisotopic (exact) mass is 258 g/mol. The quantitative estimate of drug-likeness (QED) is 0.763. The summed E-state index contributed by atoms with van der Waals surface area (Å²) in [5.74, 6) is -1.69. The molecular formula is C13H20F2N2O. The Morgan fingerprint density at radius 1 is 1.22 bits per heavy atom. The molecule has 0 fully saturated rings. The van der Waals surface area contributed by atoms with E-state index in [1.54, 1.807) is 11.0 Å². The van der Waals surface area contributed by atoms with Gasteiger partial charge in [-0.2, -0.15) is 0 Å². The number of hydrogen-bond donors (Lipinski definition) is 1. The molecule has 0 amide bonds. The zero-order valence-electron chi connectivity index (χ0n) is 10.9. The van der Waals surface area contributed by atoms with E-state index in [1.807, 2.05) is 13.8 Å². The molecule has 1 aromatic rings. The molecule has 0 saturated heterocycles. The van der Waals surface area contributed by atoms with Gasteiger partial charge in [-0.3, -0.25) is 0 Å². The summed E-state index contributed by atoms with van der Waals surface area (Å²) in [6.45, 7) is 6.00. The third-order valence-corrected chi connectivity index (χ3v) is 2.79. The van der Waals surface area contributed by atoms with Gasteiger partial charge in [0.15, 0.2) is 11.6 Å². The third-order valence-electron chi connectivity index (χ3n) is 2.79. The van der Waals surface area contributed by atoms with Gasteiger partial charge in [-0.25, -0.2) is 8.78 Å². The lowest BCUT2D eigenvalue weighted by atomic mass is 10.1. The van der Waals surface area contributed by atoms with Crippen LogP contribution in [-0.4, -0.2) is 26.3 Å². The Bertz CT molecular complexity index is 385. The second-order valence-corrected chi connectivity index (χ2v) is 3.85. The number of anilines is 1. The fraction of sp³-hybridized carbons (Fsp3) is 0.538. The number of ether oxygens (including phenoxy) is 1. The van der Waals surface area contributed by atoms with E-state index in [4.69, 9.17) is 10.5 Å². The summed E-state index contributed by atoms with van der Waals surface area (Å²) in [6.07, 6.45) is 0. The highest BCUT2D eigenvalue weighted by atomic mass is 19.2. The SMILES string of the molecule is CCOCCN(CC)c1ccc(CN)c(F)c1F. The summed E-state index contributed by atoms with van der Waals surface area (Å²) in [4.78, 5) is 1.74. The molecule has 102 valence electrons. The summed E-state index contributed by atoms with van der Waals surface area (Å²) in [7, 11) is 0. The second-order valence-electron chi connectivity index (χ2n) is 3.85. The number of nitrogens with two attached hydrogens (primary N) is 1. The van der Waals surface area contributed by atoms with Crippen molar-refractivity contribution in [1.82, 2.24) is 0 Å². The van der Waals surface area contributed by atoms with Crippen LogP contribution < -0.4 is 10.6 Å². The van der Waals surface area contributed by atoms with Crippen LogP contribution in [0.5, 0.6) is 0 Å². The first kappa shape index (κ1) is 14.9. The molecule has 0 aromatic heterocycles. The normalized spacial score (nSPS) is 10.7. The molecule has 1 rings (SSSR count). The predicted molar refractivity (Wildman–Crippen MR) is 68.6 cm³/mol. The van der Waals surface area contributed by atoms with Gasteiger partial charge in [0.25, 0.3) is 0 Å². The number of hydrogen-bond acceptors (Lipinski definition) is 3. The van der Waals surface area contributed by atoms with Crippen molar-refractivity contribution >= 4 is 5.69 Å². The minimum absolute atomic E-state index is 0.00585. The van der Waals surface area contributed by atoms with Crippen molar-refractivity contribution in [2.45, 2.75) is 20.4 Å². The molecular weight excluding hydrogens is 238 g/mol. The molecule has 18 heavy (non-hydrogen) atoms. The van der Waals surface area contributed by atoms with Gasteiger partial charge in [0.2, 0.25) is 0 Å². The smallest absolute Gasteiger partial charge is 0.182 e. The van der Waals surface area contributed by atoms with E-state index in [0.717, 1.165) is 0 Å². The first-order valence-electron chi connectivity index (χ1n) is 6.15. The Morgan fingerprint density at radius 3 is 2.50 bits per heavy atom. The number of nitrogens with zero attached hydrogens (tertiary/aromatic N) is 1. The maximum Gasteiger partial charge on any atom is 0.182 e. The van der Waals surface area contributed by atoms with E-state index in [-0.39, 0.29) is 17.8 Å². The van der Waals surface area contributed by atoms with Crippen molar-refractivity contribution in [1.29, 1.82) is 0 Å². The summed E-state index contributed by atoms with van der Waals surface area (Å²) in [5.41, 5.74) is 5.78. The average molecular weight is 258 g/mol. The highest BCUT2D eigenvalue weighted by Gasteiger charge is 2.16. The third kappa shape index (κ3) is 3.40. The molecule has 0 atom stereocenters. The standard InChI is InChI=1S/C13H20F2N2O/c1-3-17(7-8-18-4-2)11-6-5-10(9-16)12(14)13(11)15/h5-6H,3-4,7-9,16H2,1-2H3. The van der Waals surface area contributed by atoms with Crippen LogP contribution in [0.2, 0.25) is 0 Å². The zero-order valence-corrected chi connectivity index (χ0v) is 10.9. The van der Waals surface area contributed by atoms with E-state index < -0.39 is 11.6 Å². The summed E-state index contributed by atoms with van der Waals surface area (Å²) in [6, 6.07) is 3.09. The Hall–Kier alpha value is -1.20.